The van der Waals surface area contributed by atoms with Crippen molar-refractivity contribution in [3.05, 3.63) is 62.6 Å². The van der Waals surface area contributed by atoms with Crippen molar-refractivity contribution in [2.45, 2.75) is 13.0 Å². The maximum atomic E-state index is 13.3. The van der Waals surface area contributed by atoms with Crippen LogP contribution in [0, 0.1) is 10.6 Å². The highest BCUT2D eigenvalue weighted by molar-refractivity contribution is 7.71. The van der Waals surface area contributed by atoms with E-state index < -0.39 is 0 Å². The fourth-order valence-electron chi connectivity index (χ4n) is 2.47. The summed E-state index contributed by atoms with van der Waals surface area (Å²) in [4.78, 5) is 3.02. The van der Waals surface area contributed by atoms with Gasteiger partial charge in [0.2, 0.25) is 0 Å². The summed E-state index contributed by atoms with van der Waals surface area (Å²) in [6, 6.07) is 9.82. The zero-order chi connectivity index (χ0) is 15.1. The van der Waals surface area contributed by atoms with Crippen LogP contribution in [0.4, 0.5) is 4.39 Å². The average molecular weight is 341 g/mol. The normalized spacial score (nSPS) is 12.8. The van der Waals surface area contributed by atoms with Gasteiger partial charge in [-0.3, -0.25) is 0 Å². The van der Waals surface area contributed by atoms with E-state index in [1.54, 1.807) is 18.2 Å². The van der Waals surface area contributed by atoms with Crippen molar-refractivity contribution in [2.24, 2.45) is 0 Å². The molecule has 2 nitrogen and oxygen atoms in total. The van der Waals surface area contributed by atoms with Crippen molar-refractivity contribution >= 4 is 46.5 Å². The number of H-pyrrole nitrogens is 1. The quantitative estimate of drug-likeness (QED) is 0.588. The Bertz CT molecular complexity index is 885. The van der Waals surface area contributed by atoms with Crippen LogP contribution in [-0.4, -0.2) is 9.55 Å². The zero-order valence-corrected chi connectivity index (χ0v) is 13.4. The summed E-state index contributed by atoms with van der Waals surface area (Å²) in [6.45, 7) is 1.99. The average Bonchev–Trinajstić information content (AvgIpc) is 2.73. The van der Waals surface area contributed by atoms with E-state index in [1.807, 2.05) is 17.6 Å². The maximum Gasteiger partial charge on any atom is 0.178 e. The first kappa shape index (κ1) is 14.6. The van der Waals surface area contributed by atoms with E-state index in [9.17, 15) is 4.39 Å². The van der Waals surface area contributed by atoms with Gasteiger partial charge < -0.3 is 9.55 Å². The lowest BCUT2D eigenvalue weighted by atomic mass is 10.1. The molecule has 1 N–H and O–H groups in total. The molecule has 0 aliphatic heterocycles. The molecule has 1 aromatic heterocycles. The lowest BCUT2D eigenvalue weighted by Crippen LogP contribution is -2.07. The Hall–Kier alpha value is -1.36. The van der Waals surface area contributed by atoms with Crippen LogP contribution in [0.1, 0.15) is 18.5 Å². The molecular formula is C15H11Cl2FN2S. The summed E-state index contributed by atoms with van der Waals surface area (Å²) in [5, 5.41) is 1.16. The van der Waals surface area contributed by atoms with Crippen LogP contribution in [0.5, 0.6) is 0 Å². The van der Waals surface area contributed by atoms with Crippen LogP contribution in [0.15, 0.2) is 36.4 Å². The molecule has 108 valence electrons. The van der Waals surface area contributed by atoms with E-state index in [1.165, 1.54) is 12.1 Å². The lowest BCUT2D eigenvalue weighted by molar-refractivity contribution is 0.628. The van der Waals surface area contributed by atoms with Crippen molar-refractivity contribution in [3.63, 3.8) is 0 Å². The Morgan fingerprint density at radius 2 is 1.95 bits per heavy atom. The van der Waals surface area contributed by atoms with E-state index in [0.717, 1.165) is 11.1 Å². The second-order valence-electron chi connectivity index (χ2n) is 4.80. The Morgan fingerprint density at radius 1 is 1.19 bits per heavy atom. The van der Waals surface area contributed by atoms with Gasteiger partial charge in [0.25, 0.3) is 0 Å². The molecule has 6 heteroatoms. The predicted molar refractivity (Wildman–Crippen MR) is 87.4 cm³/mol. The Kier molecular flexibility index (Phi) is 3.78. The summed E-state index contributed by atoms with van der Waals surface area (Å²) in [5.41, 5.74) is 2.40. The third-order valence-electron chi connectivity index (χ3n) is 3.48. The second-order valence-corrected chi connectivity index (χ2v) is 6.03. The molecule has 0 bridgehead atoms. The first-order valence-corrected chi connectivity index (χ1v) is 7.48. The highest BCUT2D eigenvalue weighted by atomic mass is 35.5. The predicted octanol–water partition coefficient (Wildman–Crippen LogP) is 5.75. The topological polar surface area (TPSA) is 20.7 Å². The number of imidazole rings is 1. The summed E-state index contributed by atoms with van der Waals surface area (Å²) < 4.78 is 15.7. The van der Waals surface area contributed by atoms with Gasteiger partial charge in [-0.2, -0.15) is 0 Å². The fraction of sp³-hybridized carbons (Fsp3) is 0.133. The smallest absolute Gasteiger partial charge is 0.178 e. The van der Waals surface area contributed by atoms with Crippen LogP contribution >= 0.6 is 35.4 Å². The molecule has 2 aromatic carbocycles. The largest absolute Gasteiger partial charge is 0.330 e. The van der Waals surface area contributed by atoms with Gasteiger partial charge >= 0.3 is 0 Å². The maximum absolute atomic E-state index is 13.3. The molecule has 0 amide bonds. The number of hydrogen-bond acceptors (Lipinski definition) is 1. The molecule has 1 unspecified atom stereocenters. The standard InChI is InChI=1S/C15H11Cl2FN2S/c1-8(11-4-2-9(16)6-12(11)17)20-14-5-3-10(18)7-13(14)19-15(20)21/h2-8H,1H3,(H,19,21). The number of nitrogens with one attached hydrogen (secondary N) is 1. The minimum absolute atomic E-state index is 0.0959. The van der Waals surface area contributed by atoms with E-state index in [0.29, 0.717) is 20.3 Å². The molecule has 0 saturated heterocycles. The molecule has 0 aliphatic rings. The van der Waals surface area contributed by atoms with Crippen LogP contribution in [0.3, 0.4) is 0 Å². The number of halogens is 3. The van der Waals surface area contributed by atoms with Crippen molar-refractivity contribution in [2.75, 3.05) is 0 Å². The number of nitrogens with zero attached hydrogens (tertiary/aromatic N) is 1. The first-order valence-electron chi connectivity index (χ1n) is 6.32. The number of aromatic amines is 1. The highest BCUT2D eigenvalue weighted by Gasteiger charge is 2.16. The molecule has 0 radical (unpaired) electrons. The first-order chi connectivity index (χ1) is 9.97. The van der Waals surface area contributed by atoms with Crippen LogP contribution < -0.4 is 0 Å². The third-order valence-corrected chi connectivity index (χ3v) is 4.34. The van der Waals surface area contributed by atoms with Gasteiger partial charge in [0.05, 0.1) is 17.1 Å². The summed E-state index contributed by atoms with van der Waals surface area (Å²) in [7, 11) is 0. The highest BCUT2D eigenvalue weighted by Crippen LogP contribution is 2.31. The van der Waals surface area contributed by atoms with E-state index in [4.69, 9.17) is 35.4 Å². The van der Waals surface area contributed by atoms with Gasteiger partial charge in [-0.05, 0) is 55.0 Å². The Labute approximate surface area is 136 Å². The molecule has 1 heterocycles. The molecular weight excluding hydrogens is 330 g/mol. The number of fused-ring (bicyclic) bond motifs is 1. The van der Waals surface area contributed by atoms with Gasteiger partial charge in [-0.25, -0.2) is 4.39 Å². The summed E-state index contributed by atoms with van der Waals surface area (Å²) in [6.07, 6.45) is 0. The van der Waals surface area contributed by atoms with Gasteiger partial charge in [-0.15, -0.1) is 0 Å². The van der Waals surface area contributed by atoms with Crippen molar-refractivity contribution in [1.82, 2.24) is 9.55 Å². The Morgan fingerprint density at radius 3 is 2.67 bits per heavy atom. The Balaban J connectivity index is 2.19. The minimum Gasteiger partial charge on any atom is -0.330 e. The molecule has 3 aromatic rings. The van der Waals surface area contributed by atoms with Crippen LogP contribution in [0.2, 0.25) is 10.0 Å². The summed E-state index contributed by atoms with van der Waals surface area (Å²) >= 11 is 17.6. The number of benzene rings is 2. The molecule has 0 spiro atoms. The van der Waals surface area contributed by atoms with Crippen LogP contribution in [-0.2, 0) is 0 Å². The van der Waals surface area contributed by atoms with Gasteiger partial charge in [0.15, 0.2) is 4.77 Å². The van der Waals surface area contributed by atoms with Crippen LogP contribution in [0.25, 0.3) is 11.0 Å². The van der Waals surface area contributed by atoms with Gasteiger partial charge in [0.1, 0.15) is 5.82 Å². The number of rotatable bonds is 2. The fourth-order valence-corrected chi connectivity index (χ4v) is 3.40. The van der Waals surface area contributed by atoms with E-state index in [-0.39, 0.29) is 11.9 Å². The van der Waals surface area contributed by atoms with Crippen molar-refractivity contribution < 1.29 is 4.39 Å². The zero-order valence-electron chi connectivity index (χ0n) is 11.0. The monoisotopic (exact) mass is 340 g/mol. The summed E-state index contributed by atoms with van der Waals surface area (Å²) in [5.74, 6) is -0.303. The molecule has 1 atom stereocenters. The molecule has 21 heavy (non-hydrogen) atoms. The van der Waals surface area contributed by atoms with Crippen molar-refractivity contribution in [3.8, 4) is 0 Å². The van der Waals surface area contributed by atoms with Crippen molar-refractivity contribution in [1.29, 1.82) is 0 Å². The van der Waals surface area contributed by atoms with E-state index in [2.05, 4.69) is 4.98 Å². The minimum atomic E-state index is -0.303. The van der Waals surface area contributed by atoms with Gasteiger partial charge in [-0.1, -0.05) is 29.3 Å². The second kappa shape index (κ2) is 5.44. The molecule has 0 aliphatic carbocycles. The number of hydrogen-bond donors (Lipinski definition) is 1. The molecule has 0 saturated carbocycles. The van der Waals surface area contributed by atoms with Gasteiger partial charge in [0, 0.05) is 10.0 Å². The van der Waals surface area contributed by atoms with E-state index >= 15 is 0 Å². The third kappa shape index (κ3) is 2.59. The lowest BCUT2D eigenvalue weighted by Gasteiger charge is -2.16. The number of aromatic nitrogens is 2. The molecule has 0 fully saturated rings. The molecule has 3 rings (SSSR count). The SMILES string of the molecule is CC(c1ccc(Cl)cc1Cl)n1c(=S)[nH]c2cc(F)ccc21.